The van der Waals surface area contributed by atoms with E-state index in [1.54, 1.807) is 0 Å². The lowest BCUT2D eigenvalue weighted by atomic mass is 9.80. The van der Waals surface area contributed by atoms with Crippen LogP contribution in [0.2, 0.25) is 0 Å². The number of rotatable bonds is 3. The molecule has 0 aromatic carbocycles. The van der Waals surface area contributed by atoms with Gasteiger partial charge in [-0.1, -0.05) is 0 Å². The van der Waals surface area contributed by atoms with Crippen molar-refractivity contribution in [1.29, 1.82) is 0 Å². The van der Waals surface area contributed by atoms with Crippen LogP contribution in [-0.2, 0) is 19.6 Å². The van der Waals surface area contributed by atoms with Gasteiger partial charge in [0.15, 0.2) is 0 Å². The van der Waals surface area contributed by atoms with Gasteiger partial charge in [0.05, 0.1) is 11.2 Å². The first kappa shape index (κ1) is 13.8. The lowest BCUT2D eigenvalue weighted by Crippen LogP contribution is -2.50. The van der Waals surface area contributed by atoms with Crippen molar-refractivity contribution in [2.75, 3.05) is 32.1 Å². The number of carboxylic acids is 1. The minimum absolute atomic E-state index is 0.0913. The Hall–Kier alpha value is -0.660. The van der Waals surface area contributed by atoms with Crippen molar-refractivity contribution in [1.82, 2.24) is 4.31 Å². The fourth-order valence-corrected chi connectivity index (χ4v) is 4.24. The number of hydrogen-bond acceptors (Lipinski definition) is 4. The number of hydrogen-bond donors (Lipinski definition) is 1. The topological polar surface area (TPSA) is 83.9 Å². The van der Waals surface area contributed by atoms with Gasteiger partial charge >= 0.3 is 5.97 Å². The Labute approximate surface area is 107 Å². The summed E-state index contributed by atoms with van der Waals surface area (Å²) in [5.74, 6) is -0.772. The third-order valence-corrected chi connectivity index (χ3v) is 5.74. The van der Waals surface area contributed by atoms with Crippen molar-refractivity contribution in [3.63, 3.8) is 0 Å². The summed E-state index contributed by atoms with van der Waals surface area (Å²) in [6.45, 7) is 1.31. The molecule has 0 bridgehead atoms. The average molecular weight is 277 g/mol. The zero-order valence-corrected chi connectivity index (χ0v) is 11.1. The molecular formula is C11H19NO5S. The summed E-state index contributed by atoms with van der Waals surface area (Å²) in [5, 5.41) is 9.41. The highest BCUT2D eigenvalue weighted by Crippen LogP contribution is 2.33. The molecule has 6 nitrogen and oxygen atoms in total. The van der Waals surface area contributed by atoms with Crippen LogP contribution in [0.1, 0.15) is 25.7 Å². The molecule has 2 saturated heterocycles. The van der Waals surface area contributed by atoms with E-state index in [0.717, 1.165) is 6.42 Å². The van der Waals surface area contributed by atoms with Crippen molar-refractivity contribution in [3.05, 3.63) is 0 Å². The lowest BCUT2D eigenvalue weighted by Gasteiger charge is -2.38. The molecule has 2 aliphatic heterocycles. The highest BCUT2D eigenvalue weighted by Gasteiger charge is 2.44. The number of carboxylic acid groups (broad SMARTS) is 1. The monoisotopic (exact) mass is 277 g/mol. The molecule has 18 heavy (non-hydrogen) atoms. The SMILES string of the molecule is O=C(O)C1(CN2CCCCS2(=O)=O)CCOCC1. The van der Waals surface area contributed by atoms with Gasteiger partial charge in [0.2, 0.25) is 10.0 Å². The maximum absolute atomic E-state index is 11.9. The molecule has 1 N–H and O–H groups in total. The molecule has 0 aromatic heterocycles. The van der Waals surface area contributed by atoms with Crippen LogP contribution in [0.5, 0.6) is 0 Å². The van der Waals surface area contributed by atoms with Gasteiger partial charge < -0.3 is 9.84 Å². The highest BCUT2D eigenvalue weighted by molar-refractivity contribution is 7.89. The summed E-state index contributed by atoms with van der Waals surface area (Å²) in [6.07, 6.45) is 2.25. The summed E-state index contributed by atoms with van der Waals surface area (Å²) in [7, 11) is -3.27. The molecule has 0 aromatic rings. The second-order valence-corrected chi connectivity index (χ2v) is 7.14. The van der Waals surface area contributed by atoms with Gasteiger partial charge in [0.1, 0.15) is 0 Å². The van der Waals surface area contributed by atoms with Crippen molar-refractivity contribution in [2.45, 2.75) is 25.7 Å². The lowest BCUT2D eigenvalue weighted by molar-refractivity contribution is -0.155. The van der Waals surface area contributed by atoms with Crippen LogP contribution >= 0.6 is 0 Å². The molecule has 2 heterocycles. The summed E-state index contributed by atoms with van der Waals surface area (Å²) in [5.41, 5.74) is -0.970. The third kappa shape index (κ3) is 2.67. The van der Waals surface area contributed by atoms with E-state index in [0.29, 0.717) is 39.0 Å². The molecule has 0 unspecified atom stereocenters. The summed E-state index contributed by atoms with van der Waals surface area (Å²) >= 11 is 0. The molecule has 0 aliphatic carbocycles. The molecular weight excluding hydrogens is 258 g/mol. The van der Waals surface area contributed by atoms with E-state index >= 15 is 0 Å². The summed E-state index contributed by atoms with van der Waals surface area (Å²) < 4.78 is 30.4. The van der Waals surface area contributed by atoms with Crippen LogP contribution in [0.4, 0.5) is 0 Å². The van der Waals surface area contributed by atoms with Crippen molar-refractivity contribution in [3.8, 4) is 0 Å². The molecule has 0 spiro atoms. The van der Waals surface area contributed by atoms with E-state index in [-0.39, 0.29) is 12.3 Å². The van der Waals surface area contributed by atoms with E-state index in [4.69, 9.17) is 4.74 Å². The zero-order valence-electron chi connectivity index (χ0n) is 10.3. The molecule has 2 rings (SSSR count). The standard InChI is InChI=1S/C11H19NO5S/c13-10(14)11(3-6-17-7-4-11)9-12-5-1-2-8-18(12,15)16/h1-9H2,(H,13,14). The van der Waals surface area contributed by atoms with Gasteiger partial charge in [-0.15, -0.1) is 0 Å². The fraction of sp³-hybridized carbons (Fsp3) is 0.909. The smallest absolute Gasteiger partial charge is 0.311 e. The number of nitrogens with zero attached hydrogens (tertiary/aromatic N) is 1. The van der Waals surface area contributed by atoms with Gasteiger partial charge in [-0.3, -0.25) is 4.79 Å². The first-order chi connectivity index (χ1) is 8.46. The van der Waals surface area contributed by atoms with Crippen molar-refractivity contribution < 1.29 is 23.1 Å². The quantitative estimate of drug-likeness (QED) is 0.801. The summed E-state index contributed by atoms with van der Waals surface area (Å²) in [6, 6.07) is 0. The first-order valence-electron chi connectivity index (χ1n) is 6.25. The first-order valence-corrected chi connectivity index (χ1v) is 7.86. The maximum atomic E-state index is 11.9. The number of sulfonamides is 1. The molecule has 0 amide bonds. The van der Waals surface area contributed by atoms with Crippen molar-refractivity contribution in [2.24, 2.45) is 5.41 Å². The second-order valence-electron chi connectivity index (χ2n) is 5.05. The molecule has 104 valence electrons. The van der Waals surface area contributed by atoms with E-state index in [2.05, 4.69) is 0 Å². The third-order valence-electron chi connectivity index (χ3n) is 3.84. The molecule has 7 heteroatoms. The van der Waals surface area contributed by atoms with Crippen LogP contribution < -0.4 is 0 Å². The minimum atomic E-state index is -3.27. The largest absolute Gasteiger partial charge is 0.481 e. The zero-order chi connectivity index (χ0) is 13.2. The second kappa shape index (κ2) is 5.14. The summed E-state index contributed by atoms with van der Waals surface area (Å²) in [4.78, 5) is 11.5. The molecule has 2 fully saturated rings. The highest BCUT2D eigenvalue weighted by atomic mass is 32.2. The number of ether oxygens (including phenoxy) is 1. The molecule has 2 aliphatic rings. The van der Waals surface area contributed by atoms with Crippen LogP contribution in [-0.4, -0.2) is 55.9 Å². The van der Waals surface area contributed by atoms with Crippen LogP contribution in [0.25, 0.3) is 0 Å². The Morgan fingerprint density at radius 3 is 2.50 bits per heavy atom. The number of aliphatic carboxylic acids is 1. The fourth-order valence-electron chi connectivity index (χ4n) is 2.56. The van der Waals surface area contributed by atoms with Gasteiger partial charge in [0.25, 0.3) is 0 Å². The molecule has 0 saturated carbocycles. The van der Waals surface area contributed by atoms with Gasteiger partial charge in [-0.25, -0.2) is 12.7 Å². The van der Waals surface area contributed by atoms with Crippen LogP contribution in [0.15, 0.2) is 0 Å². The normalized spacial score (nSPS) is 27.8. The Balaban J connectivity index is 2.16. The van der Waals surface area contributed by atoms with Gasteiger partial charge in [0, 0.05) is 26.3 Å². The van der Waals surface area contributed by atoms with E-state index in [1.165, 1.54) is 4.31 Å². The van der Waals surface area contributed by atoms with Crippen molar-refractivity contribution >= 4 is 16.0 Å². The minimum Gasteiger partial charge on any atom is -0.481 e. The van der Waals surface area contributed by atoms with Gasteiger partial charge in [-0.05, 0) is 25.7 Å². The average Bonchev–Trinajstić information content (AvgIpc) is 2.33. The predicted octanol–water partition coefficient (Wildman–Crippen LogP) is 0.293. The maximum Gasteiger partial charge on any atom is 0.311 e. The Morgan fingerprint density at radius 1 is 1.28 bits per heavy atom. The van der Waals surface area contributed by atoms with Crippen LogP contribution in [0, 0.1) is 5.41 Å². The van der Waals surface area contributed by atoms with Gasteiger partial charge in [-0.2, -0.15) is 0 Å². The Bertz CT molecular complexity index is 413. The molecule has 0 atom stereocenters. The van der Waals surface area contributed by atoms with E-state index < -0.39 is 21.4 Å². The van der Waals surface area contributed by atoms with Crippen LogP contribution in [0.3, 0.4) is 0 Å². The van der Waals surface area contributed by atoms with E-state index in [9.17, 15) is 18.3 Å². The Kier molecular flexibility index (Phi) is 3.93. The molecule has 0 radical (unpaired) electrons. The Morgan fingerprint density at radius 2 is 1.94 bits per heavy atom. The number of carbonyl (C=O) groups is 1. The van der Waals surface area contributed by atoms with E-state index in [1.807, 2.05) is 0 Å². The predicted molar refractivity (Wildman–Crippen MR) is 64.7 cm³/mol.